The molecule has 1 amide bonds. The number of carbonyl (C=O) groups is 1. The molecule has 1 aromatic carbocycles. The van der Waals surface area contributed by atoms with Crippen molar-refractivity contribution in [1.82, 2.24) is 10.3 Å². The molecule has 1 aromatic heterocycles. The van der Waals surface area contributed by atoms with Gasteiger partial charge in [0.2, 0.25) is 0 Å². The van der Waals surface area contributed by atoms with Crippen LogP contribution in [0.15, 0.2) is 47.1 Å². The minimum atomic E-state index is -0.170. The number of nitrogens with two attached hydrogens (primary N) is 1. The van der Waals surface area contributed by atoms with Gasteiger partial charge in [0.25, 0.3) is 5.91 Å². The van der Waals surface area contributed by atoms with E-state index in [1.807, 2.05) is 31.2 Å². The van der Waals surface area contributed by atoms with Gasteiger partial charge in [-0.2, -0.15) is 0 Å². The maximum atomic E-state index is 12.1. The molecule has 0 aliphatic carbocycles. The average molecular weight is 335 g/mol. The largest absolute Gasteiger partial charge is 0.345 e. The Hall–Kier alpha value is -1.92. The fourth-order valence-corrected chi connectivity index (χ4v) is 1.99. The third-order valence-electron chi connectivity index (χ3n) is 2.89. The fraction of sp³-hybridized carbons (Fsp3) is 0.143. The van der Waals surface area contributed by atoms with Gasteiger partial charge in [0.05, 0.1) is 11.6 Å². The maximum Gasteiger partial charge on any atom is 0.253 e. The van der Waals surface area contributed by atoms with E-state index in [1.165, 1.54) is 6.20 Å². The molecule has 2 rings (SSSR count). The van der Waals surface area contributed by atoms with Crippen LogP contribution in [0.25, 0.3) is 0 Å². The fourth-order valence-electron chi connectivity index (χ4n) is 1.73. The summed E-state index contributed by atoms with van der Waals surface area (Å²) in [5.41, 5.74) is 3.95. The lowest BCUT2D eigenvalue weighted by molar-refractivity contribution is 0.0939. The van der Waals surface area contributed by atoms with Gasteiger partial charge in [-0.25, -0.2) is 10.8 Å². The SMILES string of the molecule is CC(NC(=O)c1ccc(NN)nc1)c1ccc(Br)cc1. The van der Waals surface area contributed by atoms with E-state index in [1.54, 1.807) is 12.1 Å². The number of nitrogens with zero attached hydrogens (tertiary/aromatic N) is 1. The highest BCUT2D eigenvalue weighted by atomic mass is 79.9. The average Bonchev–Trinajstić information content (AvgIpc) is 2.48. The summed E-state index contributed by atoms with van der Waals surface area (Å²) >= 11 is 3.38. The molecule has 0 saturated heterocycles. The van der Waals surface area contributed by atoms with Crippen molar-refractivity contribution in [3.8, 4) is 0 Å². The minimum absolute atomic E-state index is 0.0806. The molecule has 5 nitrogen and oxygen atoms in total. The van der Waals surface area contributed by atoms with Crippen LogP contribution in [0.4, 0.5) is 5.82 Å². The first-order valence-corrected chi connectivity index (χ1v) is 6.88. The molecular weight excluding hydrogens is 320 g/mol. The van der Waals surface area contributed by atoms with Gasteiger partial charge >= 0.3 is 0 Å². The van der Waals surface area contributed by atoms with Crippen LogP contribution in [0, 0.1) is 0 Å². The van der Waals surface area contributed by atoms with Gasteiger partial charge in [0.15, 0.2) is 0 Å². The van der Waals surface area contributed by atoms with Gasteiger partial charge in [-0.05, 0) is 36.8 Å². The number of halogens is 1. The van der Waals surface area contributed by atoms with Crippen LogP contribution in [0.5, 0.6) is 0 Å². The molecule has 0 aliphatic rings. The van der Waals surface area contributed by atoms with Gasteiger partial charge in [-0.3, -0.25) is 4.79 Å². The summed E-state index contributed by atoms with van der Waals surface area (Å²) in [6.07, 6.45) is 1.48. The van der Waals surface area contributed by atoms with E-state index in [2.05, 4.69) is 31.7 Å². The zero-order chi connectivity index (χ0) is 14.5. The third-order valence-corrected chi connectivity index (χ3v) is 3.42. The summed E-state index contributed by atoms with van der Waals surface area (Å²) in [7, 11) is 0. The predicted molar refractivity (Wildman–Crippen MR) is 82.1 cm³/mol. The number of rotatable bonds is 4. The molecule has 1 heterocycles. The van der Waals surface area contributed by atoms with Crippen molar-refractivity contribution in [3.63, 3.8) is 0 Å². The number of nitrogens with one attached hydrogen (secondary N) is 2. The molecule has 0 bridgehead atoms. The number of carbonyl (C=O) groups excluding carboxylic acids is 1. The Morgan fingerprint density at radius 2 is 1.95 bits per heavy atom. The van der Waals surface area contributed by atoms with E-state index in [0.717, 1.165) is 10.0 Å². The standard InChI is InChI=1S/C14H15BrN4O/c1-9(10-2-5-12(15)6-3-10)18-14(20)11-4-7-13(19-16)17-8-11/h2-9H,16H2,1H3,(H,17,19)(H,18,20). The Morgan fingerprint density at radius 3 is 2.50 bits per heavy atom. The number of anilines is 1. The van der Waals surface area contributed by atoms with E-state index < -0.39 is 0 Å². The normalized spacial score (nSPS) is 11.8. The van der Waals surface area contributed by atoms with Crippen LogP contribution in [0.1, 0.15) is 28.9 Å². The van der Waals surface area contributed by atoms with Gasteiger partial charge in [-0.15, -0.1) is 0 Å². The van der Waals surface area contributed by atoms with Crippen LogP contribution in [-0.2, 0) is 0 Å². The molecule has 1 atom stereocenters. The van der Waals surface area contributed by atoms with Crippen LogP contribution >= 0.6 is 15.9 Å². The Morgan fingerprint density at radius 1 is 1.25 bits per heavy atom. The summed E-state index contributed by atoms with van der Waals surface area (Å²) in [5.74, 6) is 5.57. The van der Waals surface area contributed by atoms with E-state index in [-0.39, 0.29) is 11.9 Å². The molecule has 0 radical (unpaired) electrons. The second kappa shape index (κ2) is 6.49. The molecule has 0 fully saturated rings. The quantitative estimate of drug-likeness (QED) is 0.593. The summed E-state index contributed by atoms with van der Waals surface area (Å²) in [4.78, 5) is 16.1. The highest BCUT2D eigenvalue weighted by molar-refractivity contribution is 9.10. The number of hydrazine groups is 1. The first-order valence-electron chi connectivity index (χ1n) is 6.09. The summed E-state index contributed by atoms with van der Waals surface area (Å²) in [6.45, 7) is 1.93. The van der Waals surface area contributed by atoms with Crippen molar-refractivity contribution >= 4 is 27.7 Å². The molecule has 0 spiro atoms. The van der Waals surface area contributed by atoms with Crippen molar-refractivity contribution in [2.75, 3.05) is 5.43 Å². The lowest BCUT2D eigenvalue weighted by atomic mass is 10.1. The summed E-state index contributed by atoms with van der Waals surface area (Å²) in [5, 5.41) is 2.92. The van der Waals surface area contributed by atoms with Gasteiger partial charge < -0.3 is 10.7 Å². The lowest BCUT2D eigenvalue weighted by Crippen LogP contribution is -2.26. The zero-order valence-corrected chi connectivity index (χ0v) is 12.5. The van der Waals surface area contributed by atoms with Crippen molar-refractivity contribution in [1.29, 1.82) is 0 Å². The predicted octanol–water partition coefficient (Wildman–Crippen LogP) is 2.62. The Balaban J connectivity index is 2.04. The molecule has 0 aliphatic heterocycles. The summed E-state index contributed by atoms with van der Waals surface area (Å²) < 4.78 is 1.01. The molecule has 1 unspecified atom stereocenters. The molecule has 4 N–H and O–H groups in total. The van der Waals surface area contributed by atoms with Crippen LogP contribution in [0.3, 0.4) is 0 Å². The topological polar surface area (TPSA) is 80.0 Å². The Kier molecular flexibility index (Phi) is 4.70. The number of pyridine rings is 1. The van der Waals surface area contributed by atoms with Crippen LogP contribution in [0.2, 0.25) is 0 Å². The van der Waals surface area contributed by atoms with E-state index in [0.29, 0.717) is 11.4 Å². The van der Waals surface area contributed by atoms with Crippen molar-refractivity contribution < 1.29 is 4.79 Å². The highest BCUT2D eigenvalue weighted by Gasteiger charge is 2.11. The zero-order valence-electron chi connectivity index (χ0n) is 10.9. The number of amides is 1. The number of hydrogen-bond acceptors (Lipinski definition) is 4. The molecule has 6 heteroatoms. The number of benzene rings is 1. The number of hydrogen-bond donors (Lipinski definition) is 3. The van der Waals surface area contributed by atoms with Gasteiger partial charge in [0.1, 0.15) is 5.82 Å². The Bertz CT molecular complexity index is 583. The van der Waals surface area contributed by atoms with E-state index in [9.17, 15) is 4.79 Å². The van der Waals surface area contributed by atoms with Crippen molar-refractivity contribution in [2.24, 2.45) is 5.84 Å². The van der Waals surface area contributed by atoms with E-state index in [4.69, 9.17) is 5.84 Å². The van der Waals surface area contributed by atoms with E-state index >= 15 is 0 Å². The molecular formula is C14H15BrN4O. The van der Waals surface area contributed by atoms with Gasteiger partial charge in [0, 0.05) is 10.7 Å². The second-order valence-corrected chi connectivity index (χ2v) is 5.24. The summed E-state index contributed by atoms with van der Waals surface area (Å²) in [6, 6.07) is 11.1. The monoisotopic (exact) mass is 334 g/mol. The van der Waals surface area contributed by atoms with Crippen molar-refractivity contribution in [3.05, 3.63) is 58.2 Å². The van der Waals surface area contributed by atoms with Gasteiger partial charge in [-0.1, -0.05) is 28.1 Å². The molecule has 2 aromatic rings. The number of nitrogen functional groups attached to an aromatic ring is 1. The molecule has 0 saturated carbocycles. The highest BCUT2D eigenvalue weighted by Crippen LogP contribution is 2.17. The first kappa shape index (κ1) is 14.5. The minimum Gasteiger partial charge on any atom is -0.345 e. The Labute approximate surface area is 125 Å². The van der Waals surface area contributed by atoms with Crippen LogP contribution < -0.4 is 16.6 Å². The molecule has 20 heavy (non-hydrogen) atoms. The number of aromatic nitrogens is 1. The smallest absolute Gasteiger partial charge is 0.253 e. The third kappa shape index (κ3) is 3.55. The second-order valence-electron chi connectivity index (χ2n) is 4.32. The van der Waals surface area contributed by atoms with Crippen molar-refractivity contribution in [2.45, 2.75) is 13.0 Å². The maximum absolute atomic E-state index is 12.1. The first-order chi connectivity index (χ1) is 9.60. The van der Waals surface area contributed by atoms with Crippen LogP contribution in [-0.4, -0.2) is 10.9 Å². The molecule has 104 valence electrons. The lowest BCUT2D eigenvalue weighted by Gasteiger charge is -2.14.